The summed E-state index contributed by atoms with van der Waals surface area (Å²) in [5.41, 5.74) is 0. The van der Waals surface area contributed by atoms with Crippen LogP contribution in [0.5, 0.6) is 0 Å². The fraction of sp³-hybridized carbons (Fsp3) is 0. The minimum absolute atomic E-state index is 0. The molecule has 2 radical (unpaired) electrons. The minimum atomic E-state index is 0. The van der Waals surface area contributed by atoms with Gasteiger partial charge in [0, 0.05) is 0 Å². The normalized spacial score (nSPS) is 3.43. The van der Waals surface area contributed by atoms with Crippen LogP contribution in [0.25, 0.3) is 0 Å². The molecule has 10 heteroatoms. The topological polar surface area (TPSA) is 149 Å². The average Bonchev–Trinajstić information content (AvgIpc) is 1.92. The molecule has 0 rings (SSSR count). The van der Waals surface area contributed by atoms with Crippen LogP contribution in [0.2, 0.25) is 0 Å². The number of hydrogen-bond donors (Lipinski definition) is 4. The second-order valence-corrected chi connectivity index (χ2v) is 0.365. The summed E-state index contributed by atoms with van der Waals surface area (Å²) in [4.78, 5) is 32.9. The maximum Gasteiger partial charge on any atom is 2.00 e. The summed E-state index contributed by atoms with van der Waals surface area (Å²) in [5.74, 6) is 0. The fourth-order valence-electron chi connectivity index (χ4n) is 0. The zero-order chi connectivity index (χ0) is 10.8. The Kier molecular flexibility index (Phi) is 459. The van der Waals surface area contributed by atoms with Gasteiger partial charge in [0.05, 0.1) is 0 Å². The van der Waals surface area contributed by atoms with Gasteiger partial charge in [0.25, 0.3) is 0 Å². The molecule has 0 aromatic heterocycles. The predicted molar refractivity (Wildman–Crippen MR) is 33.3 cm³/mol. The summed E-state index contributed by atoms with van der Waals surface area (Å²) >= 11 is 0. The first-order valence-electron chi connectivity index (χ1n) is 1.71. The summed E-state index contributed by atoms with van der Waals surface area (Å²) in [7, 11) is 0. The van der Waals surface area contributed by atoms with Crippen LogP contribution < -0.4 is 0 Å². The van der Waals surface area contributed by atoms with Crippen LogP contribution in [0.4, 0.5) is 0 Å². The van der Waals surface area contributed by atoms with Crippen molar-refractivity contribution in [2.24, 2.45) is 0 Å². The number of rotatable bonds is 0. The molecule has 8 nitrogen and oxygen atoms in total. The second-order valence-electron chi connectivity index (χ2n) is 0.365. The van der Waals surface area contributed by atoms with Gasteiger partial charge in [-0.15, -0.1) is 0 Å². The van der Waals surface area contributed by atoms with Crippen LogP contribution in [0.1, 0.15) is 0 Å². The van der Waals surface area contributed by atoms with Gasteiger partial charge in [-0.2, -0.15) is 0 Å². The second kappa shape index (κ2) is 168. The van der Waals surface area contributed by atoms with Gasteiger partial charge >= 0.3 is 33.8 Å². The Balaban J connectivity index is -0.0000000145. The van der Waals surface area contributed by atoms with Crippen molar-refractivity contribution in [3.05, 3.63) is 0 Å². The molecule has 0 aromatic carbocycles. The van der Waals surface area contributed by atoms with Crippen molar-refractivity contribution in [1.29, 1.82) is 0 Å². The summed E-state index contributed by atoms with van der Waals surface area (Å²) in [6.45, 7) is 2.00. The third kappa shape index (κ3) is 894. The zero-order valence-electron chi connectivity index (χ0n) is 6.13. The van der Waals surface area contributed by atoms with Gasteiger partial charge in [0.2, 0.25) is 0 Å². The quantitative estimate of drug-likeness (QED) is 0.309. The minimum Gasteiger partial charge on any atom is -0.665 e. The van der Waals surface area contributed by atoms with E-state index in [4.69, 9.17) is 39.6 Å². The first-order chi connectivity index (χ1) is 5.66. The Bertz CT molecular complexity index is 75.3. The molecule has 0 aliphatic carbocycles. The average molecular weight is 294 g/mol. The van der Waals surface area contributed by atoms with E-state index < -0.39 is 0 Å². The molecule has 14 heavy (non-hydrogen) atoms. The van der Waals surface area contributed by atoms with E-state index >= 15 is 0 Å². The van der Waals surface area contributed by atoms with Crippen molar-refractivity contribution in [2.75, 3.05) is 0 Å². The van der Waals surface area contributed by atoms with E-state index in [-0.39, 0.29) is 33.8 Å². The molecule has 0 fully saturated rings. The van der Waals surface area contributed by atoms with Gasteiger partial charge in [0.15, 0.2) is 0 Å². The number of hydrogen-bond acceptors (Lipinski definition) is 4. The van der Waals surface area contributed by atoms with Gasteiger partial charge in [-0.25, -0.2) is 0 Å². The van der Waals surface area contributed by atoms with E-state index in [1.54, 1.807) is 0 Å². The van der Waals surface area contributed by atoms with Crippen LogP contribution >= 0.6 is 0 Å². The molecule has 0 unspecified atom stereocenters. The van der Waals surface area contributed by atoms with Crippen molar-refractivity contribution >= 4 is 25.9 Å². The van der Waals surface area contributed by atoms with Crippen LogP contribution in [-0.2, 0) is 53.0 Å². The van der Waals surface area contributed by atoms with Gasteiger partial charge in [-0.1, -0.05) is 25.9 Å². The number of aliphatic hydroxyl groups excluding tert-OH is 4. The Hall–Kier alpha value is -1.09. The molecule has 0 spiro atoms. The third-order valence-electron chi connectivity index (χ3n) is 0. The summed E-state index contributed by atoms with van der Waals surface area (Å²) in [6, 6.07) is 0. The predicted octanol–water partition coefficient (Wildman–Crippen LogP) is -1.56. The Morgan fingerprint density at radius 1 is 0.571 bits per heavy atom. The Morgan fingerprint density at radius 2 is 0.571 bits per heavy atom. The van der Waals surface area contributed by atoms with Gasteiger partial charge in [-0.05, 0) is 0 Å². The smallest absolute Gasteiger partial charge is 0.665 e. The monoisotopic (exact) mass is 294 g/mol. The van der Waals surface area contributed by atoms with Gasteiger partial charge in [0.1, 0.15) is 0 Å². The maximum absolute atomic E-state index is 8.24. The van der Waals surface area contributed by atoms with Crippen LogP contribution in [0.3, 0.4) is 0 Å². The SMILES string of the molecule is O=[C-]O.O=[C-]O.O=[C-]O.O=[C-]O.[Co+2].[Mn+2]. The molecule has 4 N–H and O–H groups in total. The summed E-state index contributed by atoms with van der Waals surface area (Å²) in [6.07, 6.45) is 0. The fourth-order valence-corrected chi connectivity index (χ4v) is 0. The molecule has 0 aromatic rings. The van der Waals surface area contributed by atoms with E-state index in [1.807, 2.05) is 0 Å². The molecule has 84 valence electrons. The Morgan fingerprint density at radius 3 is 0.571 bits per heavy atom. The van der Waals surface area contributed by atoms with Crippen molar-refractivity contribution in [3.8, 4) is 0 Å². The standard InChI is InChI=1S/4CHO2.Co.Mn/c4*2-1-3;;/h4*(H,2,3);;/q4*-1;2*+2. The van der Waals surface area contributed by atoms with Gasteiger partial charge < -0.3 is 39.6 Å². The molecular formula is C4H4CoMnO8. The van der Waals surface area contributed by atoms with Gasteiger partial charge in [-0.3, -0.25) is 0 Å². The van der Waals surface area contributed by atoms with E-state index in [0.29, 0.717) is 25.9 Å². The molecule has 0 saturated heterocycles. The zero-order valence-corrected chi connectivity index (χ0v) is 8.35. The summed E-state index contributed by atoms with van der Waals surface area (Å²) in [5, 5.41) is 27.1. The Labute approximate surface area is 99.6 Å². The van der Waals surface area contributed by atoms with Crippen molar-refractivity contribution in [2.45, 2.75) is 0 Å². The molecule has 0 aliphatic heterocycles. The molecule has 0 amide bonds. The molecule has 0 heterocycles. The molecule has 0 bridgehead atoms. The van der Waals surface area contributed by atoms with Crippen molar-refractivity contribution < 1.29 is 73.5 Å². The first kappa shape index (κ1) is 38.4. The molecule has 0 aliphatic rings. The molecule has 0 atom stereocenters. The van der Waals surface area contributed by atoms with Crippen molar-refractivity contribution in [3.63, 3.8) is 0 Å². The third-order valence-corrected chi connectivity index (χ3v) is 0. The summed E-state index contributed by atoms with van der Waals surface area (Å²) < 4.78 is 0. The molecule has 0 saturated carbocycles. The maximum atomic E-state index is 8.24. The molecular weight excluding hydrogens is 290 g/mol. The van der Waals surface area contributed by atoms with Crippen molar-refractivity contribution in [1.82, 2.24) is 0 Å². The van der Waals surface area contributed by atoms with Crippen LogP contribution in [0.15, 0.2) is 0 Å². The van der Waals surface area contributed by atoms with E-state index in [1.165, 1.54) is 0 Å². The first-order valence-corrected chi connectivity index (χ1v) is 1.71. The van der Waals surface area contributed by atoms with E-state index in [2.05, 4.69) is 0 Å². The van der Waals surface area contributed by atoms with Crippen LogP contribution in [0, 0.1) is 0 Å². The van der Waals surface area contributed by atoms with E-state index in [9.17, 15) is 0 Å². The largest absolute Gasteiger partial charge is 2.00 e. The van der Waals surface area contributed by atoms with E-state index in [0.717, 1.165) is 0 Å². The van der Waals surface area contributed by atoms with Crippen LogP contribution in [-0.4, -0.2) is 46.3 Å².